The molecule has 1 aliphatic carbocycles. The lowest BCUT2D eigenvalue weighted by atomic mass is 9.93. The summed E-state index contributed by atoms with van der Waals surface area (Å²) in [5.41, 5.74) is 2.09. The van der Waals surface area contributed by atoms with Crippen molar-refractivity contribution in [3.8, 4) is 0 Å². The summed E-state index contributed by atoms with van der Waals surface area (Å²) in [5.74, 6) is -1.68. The van der Waals surface area contributed by atoms with Gasteiger partial charge in [-0.25, -0.2) is 12.8 Å². The third-order valence-corrected chi connectivity index (χ3v) is 7.32. The second kappa shape index (κ2) is 7.29. The number of nitrogens with zero attached hydrogens (tertiary/aromatic N) is 1. The van der Waals surface area contributed by atoms with Crippen molar-refractivity contribution in [3.05, 3.63) is 58.4 Å². The summed E-state index contributed by atoms with van der Waals surface area (Å²) in [6.07, 6.45) is 2.50. The zero-order chi connectivity index (χ0) is 20.9. The summed E-state index contributed by atoms with van der Waals surface area (Å²) in [4.78, 5) is 13.3. The Morgan fingerprint density at radius 2 is 1.93 bits per heavy atom. The highest BCUT2D eigenvalue weighted by Crippen LogP contribution is 2.55. The number of sulfone groups is 1. The van der Waals surface area contributed by atoms with E-state index in [2.05, 4.69) is 0 Å². The van der Waals surface area contributed by atoms with Gasteiger partial charge in [-0.3, -0.25) is 4.79 Å². The van der Waals surface area contributed by atoms with Crippen molar-refractivity contribution in [1.82, 2.24) is 0 Å². The van der Waals surface area contributed by atoms with E-state index in [1.165, 1.54) is 6.07 Å². The standard InChI is InChI=1S/C21H21ClFNO4S/c1-29(27,28)18-10-15(23)9-17-16-7-4-13(8-19(25)26)20(16)24(21(17)18)11-12-2-5-14(22)6-3-12/h2-3,5-6,9-10,13,16,20H,4,7-8,11H2,1H3,(H,25,26)/t13-,16?,20?/m1/s1. The van der Waals surface area contributed by atoms with E-state index in [9.17, 15) is 22.7 Å². The summed E-state index contributed by atoms with van der Waals surface area (Å²) in [6.45, 7) is 0.398. The Morgan fingerprint density at radius 1 is 1.24 bits per heavy atom. The number of benzene rings is 2. The summed E-state index contributed by atoms with van der Waals surface area (Å²) >= 11 is 5.98. The lowest BCUT2D eigenvalue weighted by Gasteiger charge is -2.32. The highest BCUT2D eigenvalue weighted by molar-refractivity contribution is 7.90. The van der Waals surface area contributed by atoms with Crippen molar-refractivity contribution in [2.24, 2.45) is 5.92 Å². The van der Waals surface area contributed by atoms with Gasteiger partial charge in [0, 0.05) is 29.8 Å². The predicted molar refractivity (Wildman–Crippen MR) is 109 cm³/mol. The Bertz CT molecular complexity index is 1070. The quantitative estimate of drug-likeness (QED) is 0.757. The van der Waals surface area contributed by atoms with Gasteiger partial charge in [-0.1, -0.05) is 23.7 Å². The summed E-state index contributed by atoms with van der Waals surface area (Å²) < 4.78 is 39.2. The minimum absolute atomic E-state index is 0.00294. The SMILES string of the molecule is CS(=O)(=O)c1cc(F)cc2c1N(Cc1ccc(Cl)cc1)C1C2CC[C@@H]1CC(=O)O. The molecule has 2 aliphatic rings. The molecule has 29 heavy (non-hydrogen) atoms. The normalized spacial score (nSPS) is 23.1. The molecule has 0 amide bonds. The van der Waals surface area contributed by atoms with E-state index in [0.29, 0.717) is 35.7 Å². The summed E-state index contributed by atoms with van der Waals surface area (Å²) in [6, 6.07) is 9.54. The van der Waals surface area contributed by atoms with Crippen molar-refractivity contribution in [2.75, 3.05) is 11.2 Å². The number of halogens is 2. The molecule has 1 saturated carbocycles. The van der Waals surface area contributed by atoms with Crippen LogP contribution >= 0.6 is 11.6 Å². The zero-order valence-electron chi connectivity index (χ0n) is 15.8. The number of hydrogen-bond donors (Lipinski definition) is 1. The van der Waals surface area contributed by atoms with Gasteiger partial charge in [-0.15, -0.1) is 0 Å². The Balaban J connectivity index is 1.86. The van der Waals surface area contributed by atoms with Crippen molar-refractivity contribution in [3.63, 3.8) is 0 Å². The van der Waals surface area contributed by atoms with Crippen LogP contribution in [-0.4, -0.2) is 31.8 Å². The maximum Gasteiger partial charge on any atom is 0.303 e. The van der Waals surface area contributed by atoms with E-state index in [0.717, 1.165) is 17.9 Å². The van der Waals surface area contributed by atoms with Gasteiger partial charge in [-0.2, -0.15) is 0 Å². The van der Waals surface area contributed by atoms with Gasteiger partial charge in [0.05, 0.1) is 17.0 Å². The topological polar surface area (TPSA) is 74.7 Å². The molecule has 154 valence electrons. The van der Waals surface area contributed by atoms with E-state index >= 15 is 0 Å². The first-order valence-corrected chi connectivity index (χ1v) is 11.7. The largest absolute Gasteiger partial charge is 0.481 e. The van der Waals surface area contributed by atoms with Crippen LogP contribution in [0, 0.1) is 11.7 Å². The lowest BCUT2D eigenvalue weighted by molar-refractivity contribution is -0.138. The molecular formula is C21H21ClFNO4S. The molecule has 1 aliphatic heterocycles. The van der Waals surface area contributed by atoms with Crippen LogP contribution in [0.5, 0.6) is 0 Å². The molecule has 0 aromatic heterocycles. The van der Waals surface area contributed by atoms with Crippen LogP contribution in [0.2, 0.25) is 5.02 Å². The average Bonchev–Trinajstić information content (AvgIpc) is 3.15. The van der Waals surface area contributed by atoms with Gasteiger partial charge in [0.2, 0.25) is 0 Å². The number of rotatable bonds is 5. The maximum absolute atomic E-state index is 14.3. The van der Waals surface area contributed by atoms with E-state index in [-0.39, 0.29) is 29.2 Å². The monoisotopic (exact) mass is 437 g/mol. The van der Waals surface area contributed by atoms with E-state index in [4.69, 9.17) is 11.6 Å². The second-order valence-electron chi connectivity index (χ2n) is 7.90. The fourth-order valence-electron chi connectivity index (χ4n) is 4.91. The molecule has 8 heteroatoms. The van der Waals surface area contributed by atoms with E-state index in [1.54, 1.807) is 12.1 Å². The fraction of sp³-hybridized carbons (Fsp3) is 0.381. The molecule has 0 spiro atoms. The van der Waals surface area contributed by atoms with Gasteiger partial charge in [0.15, 0.2) is 9.84 Å². The first kappa shape index (κ1) is 20.2. The average molecular weight is 438 g/mol. The molecule has 2 aromatic carbocycles. The molecule has 0 saturated heterocycles. The van der Waals surface area contributed by atoms with Crippen molar-refractivity contribution in [2.45, 2.75) is 42.7 Å². The maximum atomic E-state index is 14.3. The zero-order valence-corrected chi connectivity index (χ0v) is 17.4. The van der Waals surface area contributed by atoms with Crippen LogP contribution in [0.25, 0.3) is 0 Å². The summed E-state index contributed by atoms with van der Waals surface area (Å²) in [5, 5.41) is 9.95. The molecule has 0 radical (unpaired) electrons. The van der Waals surface area contributed by atoms with Gasteiger partial charge in [0.1, 0.15) is 5.82 Å². The fourth-order valence-corrected chi connectivity index (χ4v) is 5.95. The van der Waals surface area contributed by atoms with Crippen LogP contribution in [0.1, 0.15) is 36.3 Å². The Kier molecular flexibility index (Phi) is 5.07. The second-order valence-corrected chi connectivity index (χ2v) is 10.3. The van der Waals surface area contributed by atoms with Gasteiger partial charge < -0.3 is 10.0 Å². The predicted octanol–water partition coefficient (Wildman–Crippen LogP) is 4.24. The lowest BCUT2D eigenvalue weighted by Crippen LogP contribution is -2.37. The Morgan fingerprint density at radius 3 is 2.55 bits per heavy atom. The van der Waals surface area contributed by atoms with Crippen LogP contribution in [0.3, 0.4) is 0 Å². The number of carboxylic acids is 1. The number of aliphatic carboxylic acids is 1. The third kappa shape index (κ3) is 3.73. The number of carboxylic acid groups (broad SMARTS) is 1. The van der Waals surface area contributed by atoms with Crippen LogP contribution in [-0.2, 0) is 21.2 Å². The Hall–Kier alpha value is -2.12. The highest BCUT2D eigenvalue weighted by Gasteiger charge is 2.49. The van der Waals surface area contributed by atoms with Gasteiger partial charge in [-0.05, 0) is 54.2 Å². The van der Waals surface area contributed by atoms with E-state index in [1.807, 2.05) is 17.0 Å². The third-order valence-electron chi connectivity index (χ3n) is 5.96. The number of fused-ring (bicyclic) bond motifs is 3. The van der Waals surface area contributed by atoms with Crippen molar-refractivity contribution < 1.29 is 22.7 Å². The molecule has 5 nitrogen and oxygen atoms in total. The molecule has 1 fully saturated rings. The smallest absolute Gasteiger partial charge is 0.303 e. The van der Waals surface area contributed by atoms with E-state index < -0.39 is 21.6 Å². The minimum Gasteiger partial charge on any atom is -0.481 e. The molecule has 2 aromatic rings. The molecule has 2 unspecified atom stereocenters. The van der Waals surface area contributed by atoms with Crippen molar-refractivity contribution >= 4 is 33.1 Å². The number of anilines is 1. The van der Waals surface area contributed by atoms with Gasteiger partial charge >= 0.3 is 5.97 Å². The first-order chi connectivity index (χ1) is 13.6. The number of carbonyl (C=O) groups is 1. The van der Waals surface area contributed by atoms with Crippen molar-refractivity contribution in [1.29, 1.82) is 0 Å². The van der Waals surface area contributed by atoms with Crippen LogP contribution in [0.15, 0.2) is 41.3 Å². The van der Waals surface area contributed by atoms with Crippen LogP contribution < -0.4 is 4.90 Å². The highest BCUT2D eigenvalue weighted by atomic mass is 35.5. The molecule has 3 atom stereocenters. The first-order valence-electron chi connectivity index (χ1n) is 9.41. The van der Waals surface area contributed by atoms with Crippen LogP contribution in [0.4, 0.5) is 10.1 Å². The molecule has 4 rings (SSSR count). The molecule has 1 heterocycles. The summed E-state index contributed by atoms with van der Waals surface area (Å²) in [7, 11) is -3.67. The van der Waals surface area contributed by atoms with Gasteiger partial charge in [0.25, 0.3) is 0 Å². The number of hydrogen-bond acceptors (Lipinski definition) is 4. The molecule has 0 bridgehead atoms. The molecule has 1 N–H and O–H groups in total. The Labute approximate surface area is 174 Å². The minimum atomic E-state index is -3.67. The molecular weight excluding hydrogens is 417 g/mol.